The van der Waals surface area contributed by atoms with Crippen LogP contribution in [0.1, 0.15) is 29.6 Å². The van der Waals surface area contributed by atoms with E-state index >= 15 is 0 Å². The van der Waals surface area contributed by atoms with Crippen molar-refractivity contribution < 1.29 is 19.1 Å². The van der Waals surface area contributed by atoms with E-state index in [2.05, 4.69) is 10.5 Å². The van der Waals surface area contributed by atoms with Crippen LogP contribution >= 0.6 is 0 Å². The van der Waals surface area contributed by atoms with Gasteiger partial charge in [-0.3, -0.25) is 4.79 Å². The van der Waals surface area contributed by atoms with Crippen molar-refractivity contribution in [1.82, 2.24) is 5.32 Å². The number of oxime groups is 1. The summed E-state index contributed by atoms with van der Waals surface area (Å²) in [4.78, 5) is 11.8. The van der Waals surface area contributed by atoms with E-state index in [-0.39, 0.29) is 17.5 Å². The summed E-state index contributed by atoms with van der Waals surface area (Å²) >= 11 is 0. The highest BCUT2D eigenvalue weighted by molar-refractivity contribution is 5.94. The molecule has 4 N–H and O–H groups in total. The number of unbranched alkanes of at least 4 members (excludes halogenated alkanes) is 1. The van der Waals surface area contributed by atoms with Crippen molar-refractivity contribution in [3.8, 4) is 5.75 Å². The summed E-state index contributed by atoms with van der Waals surface area (Å²) < 4.78 is 18.0. The van der Waals surface area contributed by atoms with Crippen molar-refractivity contribution >= 4 is 11.7 Å². The van der Waals surface area contributed by atoms with Crippen molar-refractivity contribution in [3.05, 3.63) is 29.6 Å². The second-order valence-corrected chi connectivity index (χ2v) is 4.15. The van der Waals surface area contributed by atoms with Crippen LogP contribution in [-0.4, -0.2) is 30.6 Å². The topological polar surface area (TPSA) is 96.9 Å². The molecule has 0 bridgehead atoms. The van der Waals surface area contributed by atoms with Gasteiger partial charge in [0.15, 0.2) is 11.6 Å². The minimum Gasteiger partial charge on any atom is -0.494 e. The summed E-state index contributed by atoms with van der Waals surface area (Å²) in [7, 11) is 1.34. The maximum absolute atomic E-state index is 13.2. The highest BCUT2D eigenvalue weighted by Gasteiger charge is 2.09. The van der Waals surface area contributed by atoms with Gasteiger partial charge in [0.1, 0.15) is 5.84 Å². The van der Waals surface area contributed by atoms with Gasteiger partial charge in [0, 0.05) is 18.5 Å². The molecule has 6 nitrogen and oxygen atoms in total. The number of amides is 1. The van der Waals surface area contributed by atoms with Gasteiger partial charge in [-0.25, -0.2) is 4.39 Å². The molecule has 0 heterocycles. The molecule has 1 rings (SSSR count). The Morgan fingerprint density at radius 3 is 2.90 bits per heavy atom. The lowest BCUT2D eigenvalue weighted by Gasteiger charge is -2.07. The number of hydrogen-bond donors (Lipinski definition) is 3. The van der Waals surface area contributed by atoms with Crippen molar-refractivity contribution in [2.45, 2.75) is 19.3 Å². The van der Waals surface area contributed by atoms with Crippen molar-refractivity contribution in [3.63, 3.8) is 0 Å². The second-order valence-electron chi connectivity index (χ2n) is 4.15. The van der Waals surface area contributed by atoms with E-state index in [1.165, 1.54) is 25.3 Å². The molecule has 1 aromatic carbocycles. The standard InChI is InChI=1S/C13H18FN3O3/c1-20-11-8-9(5-6-10(11)14)13(18)16-7-3-2-4-12(15)17-19/h5-6,8,19H,2-4,7H2,1H3,(H2,15,17)(H,16,18). The summed E-state index contributed by atoms with van der Waals surface area (Å²) in [5, 5.41) is 13.9. The Morgan fingerprint density at radius 2 is 2.25 bits per heavy atom. The monoisotopic (exact) mass is 283 g/mol. The second kappa shape index (κ2) is 7.98. The minimum absolute atomic E-state index is 0.0320. The molecule has 0 spiro atoms. The van der Waals surface area contributed by atoms with Gasteiger partial charge in [-0.2, -0.15) is 0 Å². The van der Waals surface area contributed by atoms with Crippen LogP contribution in [0.3, 0.4) is 0 Å². The van der Waals surface area contributed by atoms with E-state index < -0.39 is 5.82 Å². The quantitative estimate of drug-likeness (QED) is 0.232. The summed E-state index contributed by atoms with van der Waals surface area (Å²) in [6.07, 6.45) is 1.86. The van der Waals surface area contributed by atoms with Crippen molar-refractivity contribution in [1.29, 1.82) is 0 Å². The first kappa shape index (κ1) is 15.7. The van der Waals surface area contributed by atoms with Crippen molar-refractivity contribution in [2.75, 3.05) is 13.7 Å². The van der Waals surface area contributed by atoms with E-state index in [0.717, 1.165) is 0 Å². The molecule has 0 aliphatic carbocycles. The Labute approximate surface area is 116 Å². The van der Waals surface area contributed by atoms with Crippen LogP contribution in [0.25, 0.3) is 0 Å². The minimum atomic E-state index is -0.511. The van der Waals surface area contributed by atoms with Gasteiger partial charge in [0.2, 0.25) is 0 Å². The number of carbonyl (C=O) groups is 1. The third-order valence-electron chi connectivity index (χ3n) is 2.69. The Bertz CT molecular complexity index is 492. The third-order valence-corrected chi connectivity index (χ3v) is 2.69. The number of carbonyl (C=O) groups excluding carboxylic acids is 1. The van der Waals surface area contributed by atoms with Crippen LogP contribution in [0.5, 0.6) is 5.75 Å². The molecule has 0 aliphatic heterocycles. The highest BCUT2D eigenvalue weighted by Crippen LogP contribution is 2.18. The average Bonchev–Trinajstić information content (AvgIpc) is 2.46. The molecule has 7 heteroatoms. The fourth-order valence-corrected chi connectivity index (χ4v) is 1.59. The molecule has 1 aromatic rings. The van der Waals surface area contributed by atoms with Gasteiger partial charge in [-0.1, -0.05) is 5.16 Å². The molecule has 110 valence electrons. The van der Waals surface area contributed by atoms with E-state index in [0.29, 0.717) is 31.4 Å². The predicted octanol–water partition coefficient (Wildman–Crippen LogP) is 1.48. The number of hydrogen-bond acceptors (Lipinski definition) is 4. The smallest absolute Gasteiger partial charge is 0.251 e. The Morgan fingerprint density at radius 1 is 1.50 bits per heavy atom. The third kappa shape index (κ3) is 4.75. The Kier molecular flexibility index (Phi) is 6.28. The normalized spacial score (nSPS) is 11.2. The molecule has 1 amide bonds. The molecule has 0 saturated carbocycles. The number of methoxy groups -OCH3 is 1. The van der Waals surface area contributed by atoms with E-state index in [4.69, 9.17) is 15.7 Å². The molecule has 20 heavy (non-hydrogen) atoms. The molecular weight excluding hydrogens is 265 g/mol. The SMILES string of the molecule is COc1cc(C(=O)NCCCC/C(N)=N/O)ccc1F. The van der Waals surface area contributed by atoms with Gasteiger partial charge >= 0.3 is 0 Å². The van der Waals surface area contributed by atoms with Crippen LogP contribution < -0.4 is 15.8 Å². The lowest BCUT2D eigenvalue weighted by molar-refractivity contribution is 0.0952. The number of nitrogens with zero attached hydrogens (tertiary/aromatic N) is 1. The fourth-order valence-electron chi connectivity index (χ4n) is 1.59. The number of amidine groups is 1. The van der Waals surface area contributed by atoms with Gasteiger partial charge in [0.05, 0.1) is 7.11 Å². The molecule has 0 fully saturated rings. The summed E-state index contributed by atoms with van der Waals surface area (Å²) in [5.74, 6) is -0.612. The fraction of sp³-hybridized carbons (Fsp3) is 0.385. The van der Waals surface area contributed by atoms with Gasteiger partial charge < -0.3 is 21.0 Å². The lowest BCUT2D eigenvalue weighted by Crippen LogP contribution is -2.24. The average molecular weight is 283 g/mol. The number of halogens is 1. The van der Waals surface area contributed by atoms with Crippen LogP contribution in [0, 0.1) is 5.82 Å². The number of benzene rings is 1. The highest BCUT2D eigenvalue weighted by atomic mass is 19.1. The zero-order valence-corrected chi connectivity index (χ0v) is 11.2. The largest absolute Gasteiger partial charge is 0.494 e. The molecule has 0 radical (unpaired) electrons. The van der Waals surface area contributed by atoms with Gasteiger partial charge in [-0.05, 0) is 31.0 Å². The zero-order valence-electron chi connectivity index (χ0n) is 11.2. The maximum atomic E-state index is 13.2. The molecule has 0 unspecified atom stereocenters. The molecule has 0 saturated heterocycles. The summed E-state index contributed by atoms with van der Waals surface area (Å²) in [6.45, 7) is 0.456. The first-order chi connectivity index (χ1) is 9.58. The van der Waals surface area contributed by atoms with Crippen molar-refractivity contribution in [2.24, 2.45) is 10.9 Å². The van der Waals surface area contributed by atoms with Crippen LogP contribution in [0.15, 0.2) is 23.4 Å². The van der Waals surface area contributed by atoms with E-state index in [1.807, 2.05) is 0 Å². The Balaban J connectivity index is 2.40. The van der Waals surface area contributed by atoms with Gasteiger partial charge in [-0.15, -0.1) is 0 Å². The van der Waals surface area contributed by atoms with E-state index in [1.54, 1.807) is 0 Å². The lowest BCUT2D eigenvalue weighted by atomic mass is 10.2. The first-order valence-electron chi connectivity index (χ1n) is 6.16. The molecule has 0 atom stereocenters. The maximum Gasteiger partial charge on any atom is 0.251 e. The number of nitrogens with two attached hydrogens (primary N) is 1. The molecule has 0 aromatic heterocycles. The molecular formula is C13H18FN3O3. The van der Waals surface area contributed by atoms with Crippen LogP contribution in [0.4, 0.5) is 4.39 Å². The first-order valence-corrected chi connectivity index (χ1v) is 6.16. The van der Waals surface area contributed by atoms with Crippen LogP contribution in [-0.2, 0) is 0 Å². The summed E-state index contributed by atoms with van der Waals surface area (Å²) in [5.41, 5.74) is 5.65. The number of ether oxygens (including phenoxy) is 1. The van der Waals surface area contributed by atoms with Crippen LogP contribution in [0.2, 0.25) is 0 Å². The number of nitrogens with one attached hydrogen (secondary N) is 1. The van der Waals surface area contributed by atoms with Gasteiger partial charge in [0.25, 0.3) is 5.91 Å². The Hall–Kier alpha value is -2.31. The summed E-state index contributed by atoms with van der Waals surface area (Å²) in [6, 6.07) is 3.93. The predicted molar refractivity (Wildman–Crippen MR) is 72.5 cm³/mol. The number of rotatable bonds is 7. The van der Waals surface area contributed by atoms with E-state index in [9.17, 15) is 9.18 Å². The zero-order chi connectivity index (χ0) is 15.0. The molecule has 0 aliphatic rings.